The number of methoxy groups -OCH3 is 1. The van der Waals surface area contributed by atoms with E-state index in [1.807, 2.05) is 6.92 Å². The number of hydrogen-bond acceptors (Lipinski definition) is 5. The number of hydrogen-bond donors (Lipinski definition) is 1. The van der Waals surface area contributed by atoms with Crippen LogP contribution in [0.3, 0.4) is 0 Å². The molecule has 0 aliphatic heterocycles. The minimum atomic E-state index is -0.553. The summed E-state index contributed by atoms with van der Waals surface area (Å²) in [6, 6.07) is 0. The maximum absolute atomic E-state index is 11.7. The second-order valence-electron chi connectivity index (χ2n) is 3.70. The summed E-state index contributed by atoms with van der Waals surface area (Å²) in [6.45, 7) is 3.95. The van der Waals surface area contributed by atoms with E-state index in [-0.39, 0.29) is 24.3 Å². The topological polar surface area (TPSA) is 76.5 Å². The van der Waals surface area contributed by atoms with E-state index in [9.17, 15) is 9.59 Å². The van der Waals surface area contributed by atoms with Crippen LogP contribution in [0.4, 0.5) is 0 Å². The van der Waals surface area contributed by atoms with E-state index in [1.165, 1.54) is 13.2 Å². The van der Waals surface area contributed by atoms with Crippen LogP contribution in [0, 0.1) is 5.41 Å². The molecular formula is C13H21NO4. The van der Waals surface area contributed by atoms with Gasteiger partial charge in [-0.15, -0.1) is 0 Å². The zero-order valence-corrected chi connectivity index (χ0v) is 11.2. The Hall–Kier alpha value is -1.65. The zero-order chi connectivity index (χ0) is 14.0. The average Bonchev–Trinajstić information content (AvgIpc) is 2.36. The molecule has 0 rings (SSSR count). The number of rotatable bonds is 8. The van der Waals surface area contributed by atoms with E-state index in [2.05, 4.69) is 4.74 Å². The van der Waals surface area contributed by atoms with Crippen LogP contribution in [-0.4, -0.2) is 31.4 Å². The fraction of sp³-hybridized carbons (Fsp3) is 0.615. The number of unbranched alkanes of at least 4 members (excludes halogenated alkanes) is 1. The average molecular weight is 255 g/mol. The molecule has 0 unspecified atom stereocenters. The first-order valence-corrected chi connectivity index (χ1v) is 6.08. The van der Waals surface area contributed by atoms with Gasteiger partial charge in [-0.3, -0.25) is 4.79 Å². The Kier molecular flexibility index (Phi) is 8.53. The first-order valence-electron chi connectivity index (χ1n) is 6.08. The van der Waals surface area contributed by atoms with Crippen molar-refractivity contribution in [3.05, 3.63) is 11.6 Å². The van der Waals surface area contributed by atoms with Gasteiger partial charge in [-0.05, 0) is 19.8 Å². The van der Waals surface area contributed by atoms with Crippen molar-refractivity contribution in [2.45, 2.75) is 39.5 Å². The monoisotopic (exact) mass is 255 g/mol. The highest BCUT2D eigenvalue weighted by atomic mass is 16.5. The summed E-state index contributed by atoms with van der Waals surface area (Å²) in [5.74, 6) is -0.998. The molecule has 0 aliphatic rings. The van der Waals surface area contributed by atoms with Gasteiger partial charge < -0.3 is 14.9 Å². The van der Waals surface area contributed by atoms with Gasteiger partial charge in [0.2, 0.25) is 0 Å². The molecule has 5 heteroatoms. The fourth-order valence-corrected chi connectivity index (χ4v) is 1.30. The quantitative estimate of drug-likeness (QED) is 0.410. The van der Waals surface area contributed by atoms with Crippen LogP contribution in [0.25, 0.3) is 0 Å². The van der Waals surface area contributed by atoms with Crippen LogP contribution in [0.1, 0.15) is 39.5 Å². The molecule has 0 heterocycles. The molecule has 0 aliphatic carbocycles. The predicted octanol–water partition coefficient (Wildman–Crippen LogP) is 2.25. The molecule has 102 valence electrons. The highest BCUT2D eigenvalue weighted by Gasteiger charge is 2.16. The van der Waals surface area contributed by atoms with Gasteiger partial charge in [0.25, 0.3) is 0 Å². The molecule has 0 radical (unpaired) electrons. The minimum absolute atomic E-state index is 0.0286. The van der Waals surface area contributed by atoms with Gasteiger partial charge in [0, 0.05) is 5.71 Å². The fourth-order valence-electron chi connectivity index (χ4n) is 1.30. The van der Waals surface area contributed by atoms with Gasteiger partial charge >= 0.3 is 11.9 Å². The van der Waals surface area contributed by atoms with Gasteiger partial charge in [-0.25, -0.2) is 4.79 Å². The van der Waals surface area contributed by atoms with Crippen LogP contribution in [0.5, 0.6) is 0 Å². The molecule has 0 spiro atoms. The summed E-state index contributed by atoms with van der Waals surface area (Å²) in [6.07, 6.45) is 3.65. The summed E-state index contributed by atoms with van der Waals surface area (Å²) in [4.78, 5) is 22.7. The Morgan fingerprint density at radius 2 is 1.94 bits per heavy atom. The summed E-state index contributed by atoms with van der Waals surface area (Å²) >= 11 is 0. The third kappa shape index (κ3) is 6.18. The van der Waals surface area contributed by atoms with Crippen molar-refractivity contribution in [2.75, 3.05) is 13.7 Å². The van der Waals surface area contributed by atoms with E-state index in [4.69, 9.17) is 10.1 Å². The molecule has 0 aromatic rings. The van der Waals surface area contributed by atoms with Crippen LogP contribution in [0.2, 0.25) is 0 Å². The minimum Gasteiger partial charge on any atom is -0.469 e. The van der Waals surface area contributed by atoms with E-state index in [0.717, 1.165) is 12.8 Å². The Labute approximate surface area is 108 Å². The second kappa shape index (κ2) is 9.39. The number of esters is 2. The Morgan fingerprint density at radius 1 is 1.28 bits per heavy atom. The predicted molar refractivity (Wildman–Crippen MR) is 68.6 cm³/mol. The molecule has 0 atom stereocenters. The second-order valence-corrected chi connectivity index (χ2v) is 3.70. The zero-order valence-electron chi connectivity index (χ0n) is 11.2. The normalized spacial score (nSPS) is 10.9. The van der Waals surface area contributed by atoms with Gasteiger partial charge in [-0.2, -0.15) is 0 Å². The van der Waals surface area contributed by atoms with Crippen molar-refractivity contribution in [3.8, 4) is 0 Å². The largest absolute Gasteiger partial charge is 0.469 e. The molecule has 0 amide bonds. The smallest absolute Gasteiger partial charge is 0.339 e. The Balaban J connectivity index is 4.75. The van der Waals surface area contributed by atoms with Crippen molar-refractivity contribution in [1.29, 1.82) is 5.41 Å². The first-order chi connectivity index (χ1) is 8.56. The van der Waals surface area contributed by atoms with Gasteiger partial charge in [0.1, 0.15) is 0 Å². The molecule has 0 bridgehead atoms. The van der Waals surface area contributed by atoms with E-state index in [0.29, 0.717) is 6.42 Å². The third-order valence-corrected chi connectivity index (χ3v) is 2.30. The number of carbonyl (C=O) groups excluding carboxylic acids is 2. The number of carbonyl (C=O) groups is 2. The van der Waals surface area contributed by atoms with Gasteiger partial charge in [-0.1, -0.05) is 19.4 Å². The molecule has 5 nitrogen and oxygen atoms in total. The highest BCUT2D eigenvalue weighted by Crippen LogP contribution is 2.09. The molecule has 0 aromatic heterocycles. The number of ether oxygens (including phenoxy) is 2. The Bertz CT molecular complexity index is 334. The molecular weight excluding hydrogens is 234 g/mol. The maximum atomic E-state index is 11.7. The molecule has 0 aromatic carbocycles. The standard InChI is InChI=1S/C13H21NO4/c1-4-6-7-11(14)10(13(16)18-5-2)8-9-12(15)17-3/h8,14H,4-7,9H2,1-3H3/b10-8-,14-11?. The molecule has 18 heavy (non-hydrogen) atoms. The summed E-state index contributed by atoms with van der Waals surface area (Å²) < 4.78 is 9.37. The summed E-state index contributed by atoms with van der Waals surface area (Å²) in [5.41, 5.74) is 0.370. The van der Waals surface area contributed by atoms with E-state index in [1.54, 1.807) is 6.92 Å². The first kappa shape index (κ1) is 16.4. The lowest BCUT2D eigenvalue weighted by atomic mass is 10.0. The maximum Gasteiger partial charge on any atom is 0.339 e. The SMILES string of the molecule is CCCCC(=N)/C(=C/CC(=O)OC)C(=O)OCC. The van der Waals surface area contributed by atoms with E-state index < -0.39 is 11.9 Å². The lowest BCUT2D eigenvalue weighted by Gasteiger charge is -2.08. The molecule has 0 saturated heterocycles. The van der Waals surface area contributed by atoms with Crippen molar-refractivity contribution in [2.24, 2.45) is 0 Å². The van der Waals surface area contributed by atoms with Crippen LogP contribution in [0.15, 0.2) is 11.6 Å². The lowest BCUT2D eigenvalue weighted by molar-refractivity contribution is -0.139. The summed E-state index contributed by atoms with van der Waals surface area (Å²) in [7, 11) is 1.28. The van der Waals surface area contributed by atoms with E-state index >= 15 is 0 Å². The van der Waals surface area contributed by atoms with Crippen molar-refractivity contribution in [1.82, 2.24) is 0 Å². The van der Waals surface area contributed by atoms with Crippen LogP contribution < -0.4 is 0 Å². The number of nitrogens with one attached hydrogen (secondary N) is 1. The molecule has 1 N–H and O–H groups in total. The third-order valence-electron chi connectivity index (χ3n) is 2.30. The van der Waals surface area contributed by atoms with Crippen molar-refractivity contribution < 1.29 is 19.1 Å². The Morgan fingerprint density at radius 3 is 2.44 bits per heavy atom. The van der Waals surface area contributed by atoms with Crippen molar-refractivity contribution in [3.63, 3.8) is 0 Å². The van der Waals surface area contributed by atoms with Gasteiger partial charge in [0.15, 0.2) is 0 Å². The highest BCUT2D eigenvalue weighted by molar-refractivity contribution is 6.18. The van der Waals surface area contributed by atoms with Gasteiger partial charge in [0.05, 0.1) is 25.7 Å². The lowest BCUT2D eigenvalue weighted by Crippen LogP contribution is -2.16. The van der Waals surface area contributed by atoms with Crippen LogP contribution >= 0.6 is 0 Å². The summed E-state index contributed by atoms with van der Waals surface area (Å²) in [5, 5.41) is 7.84. The van der Waals surface area contributed by atoms with Crippen molar-refractivity contribution >= 4 is 17.7 Å². The molecule has 0 fully saturated rings. The molecule has 0 saturated carbocycles. The van der Waals surface area contributed by atoms with Crippen LogP contribution in [-0.2, 0) is 19.1 Å².